The third-order valence-corrected chi connectivity index (χ3v) is 4.09. The first-order valence-corrected chi connectivity index (χ1v) is 7.83. The van der Waals surface area contributed by atoms with Crippen molar-refractivity contribution in [3.8, 4) is 17.2 Å². The van der Waals surface area contributed by atoms with Crippen LogP contribution in [0, 0.1) is 5.82 Å². The van der Waals surface area contributed by atoms with Gasteiger partial charge in [-0.2, -0.15) is 0 Å². The van der Waals surface area contributed by atoms with E-state index in [0.717, 1.165) is 10.0 Å². The Bertz CT molecular complexity index is 650. The molecule has 2 aromatic rings. The third kappa shape index (κ3) is 3.96. The molecule has 2 N–H and O–H groups in total. The van der Waals surface area contributed by atoms with Crippen molar-refractivity contribution in [3.63, 3.8) is 0 Å². The van der Waals surface area contributed by atoms with Crippen LogP contribution in [0.25, 0.3) is 0 Å². The second-order valence-corrected chi connectivity index (χ2v) is 6.03. The molecular formula is C15H14Br2FNO2. The molecular weight excluding hydrogens is 405 g/mol. The lowest BCUT2D eigenvalue weighted by molar-refractivity contribution is 0.407. The minimum atomic E-state index is -0.417. The number of ether oxygens (including phenoxy) is 2. The van der Waals surface area contributed by atoms with Crippen LogP contribution in [0.3, 0.4) is 0 Å². The molecule has 21 heavy (non-hydrogen) atoms. The summed E-state index contributed by atoms with van der Waals surface area (Å²) in [4.78, 5) is 0. The highest BCUT2D eigenvalue weighted by molar-refractivity contribution is 9.11. The molecule has 0 unspecified atom stereocenters. The van der Waals surface area contributed by atoms with Gasteiger partial charge in [-0.25, -0.2) is 4.39 Å². The van der Waals surface area contributed by atoms with E-state index in [1.807, 2.05) is 0 Å². The van der Waals surface area contributed by atoms with Gasteiger partial charge in [-0.3, -0.25) is 0 Å². The van der Waals surface area contributed by atoms with Crippen LogP contribution in [0.2, 0.25) is 0 Å². The number of hydrogen-bond donors (Lipinski definition) is 1. The maximum absolute atomic E-state index is 14.0. The lowest BCUT2D eigenvalue weighted by atomic mass is 10.1. The van der Waals surface area contributed by atoms with E-state index in [0.29, 0.717) is 28.9 Å². The van der Waals surface area contributed by atoms with E-state index < -0.39 is 5.82 Å². The molecule has 0 bridgehead atoms. The summed E-state index contributed by atoms with van der Waals surface area (Å²) in [6.07, 6.45) is 0.634. The fourth-order valence-electron chi connectivity index (χ4n) is 1.81. The molecule has 0 atom stereocenters. The molecule has 112 valence electrons. The Morgan fingerprint density at radius 2 is 1.71 bits per heavy atom. The molecule has 0 amide bonds. The monoisotopic (exact) mass is 417 g/mol. The largest absolute Gasteiger partial charge is 0.496 e. The number of halogens is 3. The Balaban J connectivity index is 2.28. The van der Waals surface area contributed by atoms with Crippen molar-refractivity contribution in [2.24, 2.45) is 5.73 Å². The van der Waals surface area contributed by atoms with E-state index in [9.17, 15) is 4.39 Å². The van der Waals surface area contributed by atoms with Gasteiger partial charge in [-0.05, 0) is 74.7 Å². The lowest BCUT2D eigenvalue weighted by Gasteiger charge is -2.12. The van der Waals surface area contributed by atoms with Crippen molar-refractivity contribution in [2.45, 2.75) is 6.42 Å². The summed E-state index contributed by atoms with van der Waals surface area (Å²) >= 11 is 6.75. The van der Waals surface area contributed by atoms with Crippen molar-refractivity contribution in [2.75, 3.05) is 13.7 Å². The summed E-state index contributed by atoms with van der Waals surface area (Å²) < 4.78 is 26.2. The van der Waals surface area contributed by atoms with Crippen LogP contribution in [0.5, 0.6) is 17.2 Å². The van der Waals surface area contributed by atoms with Gasteiger partial charge in [0, 0.05) is 0 Å². The molecule has 0 aliphatic carbocycles. The zero-order valence-electron chi connectivity index (χ0n) is 11.3. The predicted octanol–water partition coefficient (Wildman–Crippen LogP) is 4.65. The number of hydrogen-bond acceptors (Lipinski definition) is 3. The molecule has 0 heterocycles. The maximum atomic E-state index is 14.0. The topological polar surface area (TPSA) is 44.5 Å². The van der Waals surface area contributed by atoms with Gasteiger partial charge in [0.1, 0.15) is 11.5 Å². The molecule has 0 radical (unpaired) electrons. The van der Waals surface area contributed by atoms with E-state index in [4.69, 9.17) is 15.2 Å². The van der Waals surface area contributed by atoms with Crippen LogP contribution < -0.4 is 15.2 Å². The maximum Gasteiger partial charge on any atom is 0.165 e. The first kappa shape index (κ1) is 16.3. The summed E-state index contributed by atoms with van der Waals surface area (Å²) in [7, 11) is 1.57. The normalized spacial score (nSPS) is 10.5. The van der Waals surface area contributed by atoms with Gasteiger partial charge in [0.05, 0.1) is 16.1 Å². The van der Waals surface area contributed by atoms with Gasteiger partial charge in [0.2, 0.25) is 0 Å². The molecule has 0 aliphatic rings. The zero-order chi connectivity index (χ0) is 15.4. The first-order valence-electron chi connectivity index (χ1n) is 6.24. The summed E-state index contributed by atoms with van der Waals surface area (Å²) in [5.41, 5.74) is 6.30. The van der Waals surface area contributed by atoms with Crippen LogP contribution >= 0.6 is 31.9 Å². The van der Waals surface area contributed by atoms with E-state index >= 15 is 0 Å². The van der Waals surface area contributed by atoms with Crippen LogP contribution in [0.15, 0.2) is 39.3 Å². The van der Waals surface area contributed by atoms with Gasteiger partial charge in [0.15, 0.2) is 11.6 Å². The first-order chi connectivity index (χ1) is 10.0. The van der Waals surface area contributed by atoms with Gasteiger partial charge in [-0.1, -0.05) is 6.07 Å². The molecule has 2 rings (SSSR count). The summed E-state index contributed by atoms with van der Waals surface area (Å²) in [5.74, 6) is 0.898. The molecule has 0 fully saturated rings. The van der Waals surface area contributed by atoms with Crippen LogP contribution in [0.4, 0.5) is 4.39 Å². The van der Waals surface area contributed by atoms with Gasteiger partial charge in [-0.15, -0.1) is 0 Å². The minimum Gasteiger partial charge on any atom is -0.496 e. The van der Waals surface area contributed by atoms with E-state index in [1.54, 1.807) is 31.4 Å². The zero-order valence-corrected chi connectivity index (χ0v) is 14.5. The van der Waals surface area contributed by atoms with Crippen molar-refractivity contribution >= 4 is 31.9 Å². The molecule has 2 aromatic carbocycles. The number of methoxy groups -OCH3 is 1. The number of nitrogens with two attached hydrogens (primary N) is 1. The van der Waals surface area contributed by atoms with Crippen molar-refractivity contribution in [1.29, 1.82) is 0 Å². The van der Waals surface area contributed by atoms with Gasteiger partial charge >= 0.3 is 0 Å². The Kier molecular flexibility index (Phi) is 5.61. The van der Waals surface area contributed by atoms with E-state index in [2.05, 4.69) is 31.9 Å². The number of rotatable bonds is 5. The van der Waals surface area contributed by atoms with E-state index in [-0.39, 0.29) is 5.75 Å². The molecule has 0 spiro atoms. The highest BCUT2D eigenvalue weighted by Crippen LogP contribution is 2.38. The smallest absolute Gasteiger partial charge is 0.165 e. The lowest BCUT2D eigenvalue weighted by Crippen LogP contribution is -2.03. The number of benzene rings is 2. The molecule has 3 nitrogen and oxygen atoms in total. The second kappa shape index (κ2) is 7.24. The molecule has 0 saturated carbocycles. The Morgan fingerprint density at radius 1 is 1.05 bits per heavy atom. The fourth-order valence-corrected chi connectivity index (χ4v) is 2.70. The highest BCUT2D eigenvalue weighted by atomic mass is 79.9. The van der Waals surface area contributed by atoms with Crippen molar-refractivity contribution in [1.82, 2.24) is 0 Å². The standard InChI is InChI=1S/C15H14Br2FNO2/c1-20-14-7-11(17)15(8-10(14)16)21-13-3-2-9(4-5-19)6-12(13)18/h2-3,6-8H,4-5,19H2,1H3. The molecule has 0 saturated heterocycles. The molecule has 6 heteroatoms. The third-order valence-electron chi connectivity index (χ3n) is 2.86. The van der Waals surface area contributed by atoms with Crippen LogP contribution in [0.1, 0.15) is 5.56 Å². The van der Waals surface area contributed by atoms with Crippen molar-refractivity contribution in [3.05, 3.63) is 50.7 Å². The van der Waals surface area contributed by atoms with Crippen LogP contribution in [-0.2, 0) is 6.42 Å². The van der Waals surface area contributed by atoms with Gasteiger partial charge < -0.3 is 15.2 Å². The average molecular weight is 419 g/mol. The molecule has 0 aromatic heterocycles. The Morgan fingerprint density at radius 3 is 2.33 bits per heavy atom. The van der Waals surface area contributed by atoms with Crippen molar-refractivity contribution < 1.29 is 13.9 Å². The Labute approximate surface area is 139 Å². The van der Waals surface area contributed by atoms with Crippen LogP contribution in [-0.4, -0.2) is 13.7 Å². The second-order valence-electron chi connectivity index (χ2n) is 4.32. The predicted molar refractivity (Wildman–Crippen MR) is 87.6 cm³/mol. The van der Waals surface area contributed by atoms with Gasteiger partial charge in [0.25, 0.3) is 0 Å². The molecule has 0 aliphatic heterocycles. The summed E-state index contributed by atoms with van der Waals surface area (Å²) in [6, 6.07) is 8.31. The quantitative estimate of drug-likeness (QED) is 0.768. The highest BCUT2D eigenvalue weighted by Gasteiger charge is 2.12. The average Bonchev–Trinajstić information content (AvgIpc) is 2.45. The van der Waals surface area contributed by atoms with E-state index in [1.165, 1.54) is 6.07 Å². The summed E-state index contributed by atoms with van der Waals surface area (Å²) in [6.45, 7) is 0.483. The summed E-state index contributed by atoms with van der Waals surface area (Å²) in [5, 5.41) is 0. The SMILES string of the molecule is COc1cc(Br)c(Oc2ccc(CCN)cc2F)cc1Br. The fraction of sp³-hybridized carbons (Fsp3) is 0.200. The minimum absolute atomic E-state index is 0.161. The Hall–Kier alpha value is -1.11.